The first-order valence-corrected chi connectivity index (χ1v) is 3.45. The lowest BCUT2D eigenvalue weighted by molar-refractivity contribution is 1.25. The molecule has 0 atom stereocenters. The van der Waals surface area contributed by atoms with Crippen LogP contribution in [0.25, 0.3) is 0 Å². The van der Waals surface area contributed by atoms with E-state index in [4.69, 9.17) is 5.14 Å². The molecule has 0 spiro atoms. The molecule has 0 amide bonds. The molecule has 0 saturated heterocycles. The molecule has 8 heavy (non-hydrogen) atoms. The second-order valence-electron chi connectivity index (χ2n) is 0.916. The summed E-state index contributed by atoms with van der Waals surface area (Å²) in [5.41, 5.74) is 0. The maximum atomic E-state index is 5.16. The van der Waals surface area contributed by atoms with Gasteiger partial charge < -0.3 is 0 Å². The molecule has 2 N–H and O–H groups in total. The van der Waals surface area contributed by atoms with Crippen LogP contribution in [0.5, 0.6) is 0 Å². The standard InChI is InChI=1S/C3H4N2S2.H2S/c4-7-3-5-1-2-6-3;/h1-2H,4H2;1H2. The molecule has 2 nitrogen and oxygen atoms in total. The number of nitrogens with two attached hydrogens (primary N) is 1. The summed E-state index contributed by atoms with van der Waals surface area (Å²) in [4.78, 5) is 3.89. The average Bonchev–Trinajstić information content (AvgIpc) is 2.14. The molecule has 5 heteroatoms. The zero-order chi connectivity index (χ0) is 5.11. The summed E-state index contributed by atoms with van der Waals surface area (Å²) in [5, 5.41) is 7.06. The lowest BCUT2D eigenvalue weighted by Crippen LogP contribution is -1.73. The van der Waals surface area contributed by atoms with Gasteiger partial charge in [-0.1, -0.05) is 0 Å². The van der Waals surface area contributed by atoms with Gasteiger partial charge in [-0.05, 0) is 11.9 Å². The van der Waals surface area contributed by atoms with E-state index in [0.29, 0.717) is 0 Å². The van der Waals surface area contributed by atoms with E-state index in [1.54, 1.807) is 17.5 Å². The molecule has 0 unspecified atom stereocenters. The van der Waals surface area contributed by atoms with Crippen LogP contribution in [-0.2, 0) is 0 Å². The Balaban J connectivity index is 0.000000490. The van der Waals surface area contributed by atoms with Crippen molar-refractivity contribution in [3.05, 3.63) is 11.6 Å². The van der Waals surface area contributed by atoms with E-state index < -0.39 is 0 Å². The molecule has 1 rings (SSSR count). The van der Waals surface area contributed by atoms with Crippen molar-refractivity contribution in [1.82, 2.24) is 4.98 Å². The zero-order valence-electron chi connectivity index (χ0n) is 4.00. The number of nitrogens with zero attached hydrogens (tertiary/aromatic N) is 1. The van der Waals surface area contributed by atoms with Crippen molar-refractivity contribution < 1.29 is 0 Å². The maximum absolute atomic E-state index is 5.16. The van der Waals surface area contributed by atoms with Crippen molar-refractivity contribution in [1.29, 1.82) is 0 Å². The second-order valence-corrected chi connectivity index (χ2v) is 2.69. The molecule has 0 aliphatic rings. The summed E-state index contributed by atoms with van der Waals surface area (Å²) in [6.45, 7) is 0. The SMILES string of the molecule is NSc1nccs1.S. The van der Waals surface area contributed by atoms with Crippen LogP contribution in [0.4, 0.5) is 0 Å². The predicted octanol–water partition coefficient (Wildman–Crippen LogP) is 1.22. The smallest absolute Gasteiger partial charge is 0.164 e. The third kappa shape index (κ3) is 2.04. The number of hydrogen-bond acceptors (Lipinski definition) is 4. The van der Waals surface area contributed by atoms with Crippen molar-refractivity contribution in [3.63, 3.8) is 0 Å². The van der Waals surface area contributed by atoms with Crippen LogP contribution < -0.4 is 5.14 Å². The molecule has 0 saturated carbocycles. The van der Waals surface area contributed by atoms with Crippen LogP contribution in [0.1, 0.15) is 0 Å². The van der Waals surface area contributed by atoms with Gasteiger partial charge in [-0.3, -0.25) is 5.14 Å². The molecule has 1 aromatic rings. The predicted molar refractivity (Wildman–Crippen MR) is 42.5 cm³/mol. The fourth-order valence-electron chi connectivity index (χ4n) is 0.269. The Labute approximate surface area is 63.1 Å². The lowest BCUT2D eigenvalue weighted by Gasteiger charge is -1.76. The highest BCUT2D eigenvalue weighted by Gasteiger charge is 1.86. The molecule has 1 aromatic heterocycles. The van der Waals surface area contributed by atoms with Gasteiger partial charge in [0.2, 0.25) is 0 Å². The molecule has 0 aliphatic heterocycles. The topological polar surface area (TPSA) is 38.9 Å². The van der Waals surface area contributed by atoms with Crippen molar-refractivity contribution in [3.8, 4) is 0 Å². The van der Waals surface area contributed by atoms with Crippen molar-refractivity contribution in [2.24, 2.45) is 5.14 Å². The van der Waals surface area contributed by atoms with Gasteiger partial charge in [-0.2, -0.15) is 13.5 Å². The number of thiazole rings is 1. The van der Waals surface area contributed by atoms with Crippen LogP contribution in [0, 0.1) is 0 Å². The van der Waals surface area contributed by atoms with Crippen LogP contribution in [0.3, 0.4) is 0 Å². The van der Waals surface area contributed by atoms with Crippen molar-refractivity contribution >= 4 is 36.8 Å². The Bertz CT molecular complexity index is 127. The summed E-state index contributed by atoms with van der Waals surface area (Å²) < 4.78 is 0.917. The van der Waals surface area contributed by atoms with Crippen LogP contribution in [0.2, 0.25) is 0 Å². The molecule has 0 aliphatic carbocycles. The molecule has 1 heterocycles. The quantitative estimate of drug-likeness (QED) is 0.638. The van der Waals surface area contributed by atoms with Gasteiger partial charge in [0.05, 0.1) is 0 Å². The molecule has 0 fully saturated rings. The summed E-state index contributed by atoms with van der Waals surface area (Å²) >= 11 is 2.73. The van der Waals surface area contributed by atoms with E-state index in [9.17, 15) is 0 Å². The van der Waals surface area contributed by atoms with Crippen molar-refractivity contribution in [2.75, 3.05) is 0 Å². The van der Waals surface area contributed by atoms with E-state index in [2.05, 4.69) is 4.98 Å². The minimum atomic E-state index is 0. The first kappa shape index (κ1) is 8.29. The van der Waals surface area contributed by atoms with Gasteiger partial charge >= 0.3 is 0 Å². The third-order valence-corrected chi connectivity index (χ3v) is 1.96. The van der Waals surface area contributed by atoms with Crippen LogP contribution in [-0.4, -0.2) is 4.98 Å². The summed E-state index contributed by atoms with van der Waals surface area (Å²) in [6, 6.07) is 0. The monoisotopic (exact) mass is 166 g/mol. The third-order valence-electron chi connectivity index (χ3n) is 0.510. The van der Waals surface area contributed by atoms with E-state index in [0.717, 1.165) is 4.34 Å². The van der Waals surface area contributed by atoms with Gasteiger partial charge in [0.1, 0.15) is 0 Å². The summed E-state index contributed by atoms with van der Waals surface area (Å²) in [5.74, 6) is 0. The molecule has 46 valence electrons. The van der Waals surface area contributed by atoms with E-state index in [-0.39, 0.29) is 13.5 Å². The van der Waals surface area contributed by atoms with E-state index in [1.807, 2.05) is 5.38 Å². The maximum Gasteiger partial charge on any atom is 0.164 e. The Morgan fingerprint density at radius 3 is 2.75 bits per heavy atom. The lowest BCUT2D eigenvalue weighted by atomic mass is 11.0. The van der Waals surface area contributed by atoms with Gasteiger partial charge in [0, 0.05) is 11.6 Å². The fourth-order valence-corrected chi connectivity index (χ4v) is 1.14. The van der Waals surface area contributed by atoms with Crippen LogP contribution >= 0.6 is 36.8 Å². The largest absolute Gasteiger partial charge is 0.272 e. The number of rotatable bonds is 1. The van der Waals surface area contributed by atoms with E-state index in [1.165, 1.54) is 11.9 Å². The Morgan fingerprint density at radius 1 is 1.75 bits per heavy atom. The highest BCUT2D eigenvalue weighted by atomic mass is 32.2. The Morgan fingerprint density at radius 2 is 2.50 bits per heavy atom. The van der Waals surface area contributed by atoms with Crippen molar-refractivity contribution in [2.45, 2.75) is 4.34 Å². The number of aromatic nitrogens is 1. The normalized spacial score (nSPS) is 8.12. The first-order valence-electron chi connectivity index (χ1n) is 1.69. The number of hydrogen-bond donors (Lipinski definition) is 1. The minimum absolute atomic E-state index is 0. The van der Waals surface area contributed by atoms with E-state index >= 15 is 0 Å². The second kappa shape index (κ2) is 4.20. The molecular formula is C3H6N2S3. The molecule has 0 bridgehead atoms. The van der Waals surface area contributed by atoms with Crippen LogP contribution in [0.15, 0.2) is 15.9 Å². The van der Waals surface area contributed by atoms with Gasteiger partial charge in [-0.25, -0.2) is 4.98 Å². The van der Waals surface area contributed by atoms with Gasteiger partial charge in [0.25, 0.3) is 0 Å². The summed E-state index contributed by atoms with van der Waals surface area (Å²) in [6.07, 6.45) is 1.74. The molecule has 0 aromatic carbocycles. The average molecular weight is 166 g/mol. The molecular weight excluding hydrogens is 160 g/mol. The van der Waals surface area contributed by atoms with Gasteiger partial charge in [0.15, 0.2) is 4.34 Å². The zero-order valence-corrected chi connectivity index (χ0v) is 6.63. The Hall–Kier alpha value is 0.290. The highest BCUT2D eigenvalue weighted by molar-refractivity contribution is 7.98. The highest BCUT2D eigenvalue weighted by Crippen LogP contribution is 2.12. The summed E-state index contributed by atoms with van der Waals surface area (Å²) in [7, 11) is 0. The first-order chi connectivity index (χ1) is 3.43. The fraction of sp³-hybridized carbons (Fsp3) is 0. The Kier molecular flexibility index (Phi) is 4.35. The minimum Gasteiger partial charge on any atom is -0.272 e. The molecule has 0 radical (unpaired) electrons. The van der Waals surface area contributed by atoms with Gasteiger partial charge in [-0.15, -0.1) is 11.3 Å².